The van der Waals surface area contributed by atoms with Crippen LogP contribution in [0.2, 0.25) is 0 Å². The van der Waals surface area contributed by atoms with Crippen molar-refractivity contribution in [2.75, 3.05) is 5.73 Å². The van der Waals surface area contributed by atoms with Crippen LogP contribution in [0.3, 0.4) is 0 Å². The van der Waals surface area contributed by atoms with Crippen LogP contribution in [0.5, 0.6) is 0 Å². The second-order valence-electron chi connectivity index (χ2n) is 3.35. The third kappa shape index (κ3) is 3.00. The number of hydrogen-bond donors (Lipinski definition) is 1. The lowest BCUT2D eigenvalue weighted by Gasteiger charge is -2.12. The van der Waals surface area contributed by atoms with Gasteiger partial charge in [0, 0.05) is 10.2 Å². The number of anilines is 1. The zero-order valence-corrected chi connectivity index (χ0v) is 10.2. The largest absolute Gasteiger partial charge is 0.398 e. The molecule has 14 heavy (non-hydrogen) atoms. The zero-order valence-electron chi connectivity index (χ0n) is 8.59. The van der Waals surface area contributed by atoms with Crippen molar-refractivity contribution in [3.63, 3.8) is 0 Å². The van der Waals surface area contributed by atoms with Crippen LogP contribution < -0.4 is 5.73 Å². The molecule has 1 unspecified atom stereocenters. The fraction of sp³-hybridized carbons (Fsp3) is 0.455. The minimum absolute atomic E-state index is 0.295. The molecule has 0 aromatic heterocycles. The molecule has 0 radical (unpaired) electrons. The van der Waals surface area contributed by atoms with Gasteiger partial charge in [0.05, 0.1) is 12.7 Å². The smallest absolute Gasteiger partial charge is 0.0732 e. The highest BCUT2D eigenvalue weighted by Crippen LogP contribution is 2.24. The van der Waals surface area contributed by atoms with Crippen molar-refractivity contribution in [3.8, 4) is 0 Å². The standard InChI is InChI=1S/C11H16BrNO/c1-3-8(2)14-7-9-5-4-6-10(13)11(9)12/h4-6,8H,3,7,13H2,1-2H3. The van der Waals surface area contributed by atoms with E-state index in [0.717, 1.165) is 22.1 Å². The molecule has 0 amide bonds. The quantitative estimate of drug-likeness (QED) is 0.840. The van der Waals surface area contributed by atoms with E-state index in [-0.39, 0.29) is 0 Å². The number of halogens is 1. The first-order chi connectivity index (χ1) is 6.65. The topological polar surface area (TPSA) is 35.2 Å². The van der Waals surface area contributed by atoms with E-state index in [1.165, 1.54) is 0 Å². The number of benzene rings is 1. The van der Waals surface area contributed by atoms with Gasteiger partial charge >= 0.3 is 0 Å². The van der Waals surface area contributed by atoms with Crippen LogP contribution in [0.25, 0.3) is 0 Å². The molecule has 3 heteroatoms. The lowest BCUT2D eigenvalue weighted by Crippen LogP contribution is -2.06. The van der Waals surface area contributed by atoms with Crippen LogP contribution in [-0.2, 0) is 11.3 Å². The van der Waals surface area contributed by atoms with Crippen molar-refractivity contribution < 1.29 is 4.74 Å². The Bertz CT molecular complexity index is 301. The molecule has 0 bridgehead atoms. The molecule has 0 saturated carbocycles. The first-order valence-electron chi connectivity index (χ1n) is 4.79. The highest BCUT2D eigenvalue weighted by molar-refractivity contribution is 9.10. The Morgan fingerprint density at radius 3 is 2.86 bits per heavy atom. The molecule has 1 rings (SSSR count). The summed E-state index contributed by atoms with van der Waals surface area (Å²) in [5.41, 5.74) is 7.62. The molecular weight excluding hydrogens is 242 g/mol. The molecule has 0 aliphatic rings. The van der Waals surface area contributed by atoms with Crippen molar-refractivity contribution in [1.29, 1.82) is 0 Å². The summed E-state index contributed by atoms with van der Waals surface area (Å²) in [6, 6.07) is 5.83. The van der Waals surface area contributed by atoms with E-state index in [9.17, 15) is 0 Å². The molecule has 0 aliphatic heterocycles. The molecule has 1 aromatic rings. The maximum Gasteiger partial charge on any atom is 0.0732 e. The van der Waals surface area contributed by atoms with Crippen LogP contribution >= 0.6 is 15.9 Å². The Kier molecular flexibility index (Phi) is 4.42. The van der Waals surface area contributed by atoms with Gasteiger partial charge in [-0.1, -0.05) is 19.1 Å². The lowest BCUT2D eigenvalue weighted by molar-refractivity contribution is 0.0506. The number of nitrogen functional groups attached to an aromatic ring is 1. The lowest BCUT2D eigenvalue weighted by atomic mass is 10.2. The Morgan fingerprint density at radius 2 is 2.21 bits per heavy atom. The Morgan fingerprint density at radius 1 is 1.50 bits per heavy atom. The van der Waals surface area contributed by atoms with Crippen molar-refractivity contribution in [3.05, 3.63) is 28.2 Å². The van der Waals surface area contributed by atoms with E-state index < -0.39 is 0 Å². The average molecular weight is 258 g/mol. The van der Waals surface area contributed by atoms with Gasteiger partial charge in [0.2, 0.25) is 0 Å². The Labute approximate surface area is 93.6 Å². The summed E-state index contributed by atoms with van der Waals surface area (Å²) >= 11 is 3.45. The Hall–Kier alpha value is -0.540. The van der Waals surface area contributed by atoms with Gasteiger partial charge in [-0.3, -0.25) is 0 Å². The summed E-state index contributed by atoms with van der Waals surface area (Å²) < 4.78 is 6.57. The van der Waals surface area contributed by atoms with Crippen LogP contribution in [0.15, 0.2) is 22.7 Å². The van der Waals surface area contributed by atoms with Gasteiger partial charge in [-0.05, 0) is 40.9 Å². The number of rotatable bonds is 4. The van der Waals surface area contributed by atoms with Crippen molar-refractivity contribution >= 4 is 21.6 Å². The number of ether oxygens (including phenoxy) is 1. The minimum atomic E-state index is 0.295. The maximum absolute atomic E-state index is 5.76. The SMILES string of the molecule is CCC(C)OCc1cccc(N)c1Br. The van der Waals surface area contributed by atoms with E-state index in [0.29, 0.717) is 12.7 Å². The summed E-state index contributed by atoms with van der Waals surface area (Å²) in [6.07, 6.45) is 1.32. The summed E-state index contributed by atoms with van der Waals surface area (Å²) in [4.78, 5) is 0. The molecule has 0 spiro atoms. The van der Waals surface area contributed by atoms with Crippen LogP contribution in [0.4, 0.5) is 5.69 Å². The second-order valence-corrected chi connectivity index (χ2v) is 4.14. The fourth-order valence-corrected chi connectivity index (χ4v) is 1.44. The average Bonchev–Trinajstić information content (AvgIpc) is 2.20. The van der Waals surface area contributed by atoms with Gasteiger partial charge in [0.15, 0.2) is 0 Å². The van der Waals surface area contributed by atoms with Crippen molar-refractivity contribution in [2.45, 2.75) is 33.0 Å². The minimum Gasteiger partial charge on any atom is -0.398 e. The zero-order chi connectivity index (χ0) is 10.6. The third-order valence-corrected chi connectivity index (χ3v) is 3.17. The first-order valence-corrected chi connectivity index (χ1v) is 5.59. The van der Waals surface area contributed by atoms with Crippen molar-refractivity contribution in [2.24, 2.45) is 0 Å². The molecule has 1 atom stereocenters. The molecule has 0 heterocycles. The molecule has 0 aliphatic carbocycles. The van der Waals surface area contributed by atoms with Crippen LogP contribution in [0, 0.1) is 0 Å². The van der Waals surface area contributed by atoms with Gasteiger partial charge in [-0.15, -0.1) is 0 Å². The summed E-state index contributed by atoms with van der Waals surface area (Å²) in [6.45, 7) is 4.79. The van der Waals surface area contributed by atoms with E-state index in [2.05, 4.69) is 29.8 Å². The monoisotopic (exact) mass is 257 g/mol. The molecular formula is C11H16BrNO. The molecule has 1 aromatic carbocycles. The predicted molar refractivity (Wildman–Crippen MR) is 63.1 cm³/mol. The van der Waals surface area contributed by atoms with E-state index in [1.54, 1.807) is 0 Å². The number of nitrogens with two attached hydrogens (primary N) is 1. The van der Waals surface area contributed by atoms with E-state index in [1.807, 2.05) is 18.2 Å². The third-order valence-electron chi connectivity index (χ3n) is 2.21. The summed E-state index contributed by atoms with van der Waals surface area (Å²) in [5.74, 6) is 0. The first kappa shape index (κ1) is 11.5. The van der Waals surface area contributed by atoms with E-state index in [4.69, 9.17) is 10.5 Å². The van der Waals surface area contributed by atoms with Gasteiger partial charge in [0.1, 0.15) is 0 Å². The molecule has 2 nitrogen and oxygen atoms in total. The highest BCUT2D eigenvalue weighted by atomic mass is 79.9. The highest BCUT2D eigenvalue weighted by Gasteiger charge is 2.04. The van der Waals surface area contributed by atoms with Gasteiger partial charge in [-0.25, -0.2) is 0 Å². The summed E-state index contributed by atoms with van der Waals surface area (Å²) in [5, 5.41) is 0. The molecule has 0 fully saturated rings. The normalized spacial score (nSPS) is 12.8. The number of hydrogen-bond acceptors (Lipinski definition) is 2. The van der Waals surface area contributed by atoms with Crippen LogP contribution in [-0.4, -0.2) is 6.10 Å². The summed E-state index contributed by atoms with van der Waals surface area (Å²) in [7, 11) is 0. The van der Waals surface area contributed by atoms with Crippen molar-refractivity contribution in [1.82, 2.24) is 0 Å². The second kappa shape index (κ2) is 5.37. The van der Waals surface area contributed by atoms with E-state index >= 15 is 0 Å². The van der Waals surface area contributed by atoms with Crippen LogP contribution in [0.1, 0.15) is 25.8 Å². The van der Waals surface area contributed by atoms with Gasteiger partial charge in [-0.2, -0.15) is 0 Å². The molecule has 78 valence electrons. The Balaban J connectivity index is 2.63. The van der Waals surface area contributed by atoms with Gasteiger partial charge < -0.3 is 10.5 Å². The van der Waals surface area contributed by atoms with Gasteiger partial charge in [0.25, 0.3) is 0 Å². The maximum atomic E-state index is 5.76. The molecule has 0 saturated heterocycles. The fourth-order valence-electron chi connectivity index (χ4n) is 1.06. The molecule has 2 N–H and O–H groups in total. The predicted octanol–water partition coefficient (Wildman–Crippen LogP) is 3.35.